The highest BCUT2D eigenvalue weighted by atomic mass is 16.2. The first-order valence-corrected chi connectivity index (χ1v) is 7.96. The van der Waals surface area contributed by atoms with Crippen LogP contribution in [0.4, 0.5) is 5.69 Å². The van der Waals surface area contributed by atoms with E-state index >= 15 is 0 Å². The molecular formula is C19H17N3O2. The van der Waals surface area contributed by atoms with E-state index in [9.17, 15) is 9.59 Å². The number of benzene rings is 2. The number of carbonyl (C=O) groups is 2. The van der Waals surface area contributed by atoms with Crippen molar-refractivity contribution in [3.8, 4) is 0 Å². The van der Waals surface area contributed by atoms with Crippen LogP contribution in [0.2, 0.25) is 0 Å². The molecule has 4 rings (SSSR count). The number of para-hydroxylation sites is 1. The van der Waals surface area contributed by atoms with Gasteiger partial charge in [0.1, 0.15) is 5.84 Å². The van der Waals surface area contributed by atoms with Crippen molar-refractivity contribution < 1.29 is 9.59 Å². The molecule has 24 heavy (non-hydrogen) atoms. The number of nitrogens with one attached hydrogen (secondary N) is 1. The molecule has 0 fully saturated rings. The van der Waals surface area contributed by atoms with Gasteiger partial charge >= 0.3 is 0 Å². The Balaban J connectivity index is 1.56. The number of fused-ring (bicyclic) bond motifs is 2. The van der Waals surface area contributed by atoms with Crippen LogP contribution >= 0.6 is 0 Å². The fourth-order valence-corrected chi connectivity index (χ4v) is 3.59. The van der Waals surface area contributed by atoms with E-state index in [1.165, 1.54) is 4.90 Å². The zero-order chi connectivity index (χ0) is 16.8. The first-order chi connectivity index (χ1) is 11.6. The number of hydrogen-bond acceptors (Lipinski definition) is 3. The van der Waals surface area contributed by atoms with Crippen LogP contribution in [0.25, 0.3) is 0 Å². The highest BCUT2D eigenvalue weighted by Crippen LogP contribution is 2.38. The Morgan fingerprint density at radius 3 is 2.21 bits per heavy atom. The summed E-state index contributed by atoms with van der Waals surface area (Å²) < 4.78 is 0. The molecule has 2 aliphatic rings. The normalized spacial score (nSPS) is 19.0. The highest BCUT2D eigenvalue weighted by molar-refractivity contribution is 6.21. The maximum absolute atomic E-state index is 12.4. The van der Waals surface area contributed by atoms with Crippen LogP contribution in [0.1, 0.15) is 38.6 Å². The molecule has 1 N–H and O–H groups in total. The van der Waals surface area contributed by atoms with Gasteiger partial charge in [-0.25, -0.2) is 0 Å². The molecule has 1 atom stereocenters. The number of imide groups is 1. The van der Waals surface area contributed by atoms with E-state index in [2.05, 4.69) is 0 Å². The molecule has 2 aromatic carbocycles. The van der Waals surface area contributed by atoms with Gasteiger partial charge in [0.2, 0.25) is 0 Å². The number of anilines is 1. The maximum atomic E-state index is 12.4. The summed E-state index contributed by atoms with van der Waals surface area (Å²) in [4.78, 5) is 28.1. The van der Waals surface area contributed by atoms with Crippen molar-refractivity contribution in [3.63, 3.8) is 0 Å². The molecule has 0 bridgehead atoms. The fourth-order valence-electron chi connectivity index (χ4n) is 3.59. The smallest absolute Gasteiger partial charge is 0.261 e. The Morgan fingerprint density at radius 2 is 1.54 bits per heavy atom. The van der Waals surface area contributed by atoms with Crippen molar-refractivity contribution in [2.75, 3.05) is 18.5 Å². The van der Waals surface area contributed by atoms with Gasteiger partial charge in [-0.15, -0.1) is 0 Å². The molecule has 0 radical (unpaired) electrons. The standard InChI is InChI=1S/C19H17N3O2/c1-21-16-9-5-4-6-12(16)13(17(21)20)10-11-22-18(23)14-7-2-3-8-15(14)19(22)24/h2-9,13,20H,10-11H2,1H3. The second-order valence-corrected chi connectivity index (χ2v) is 6.15. The number of nitrogens with zero attached hydrogens (tertiary/aromatic N) is 2. The molecule has 2 amide bonds. The summed E-state index contributed by atoms with van der Waals surface area (Å²) in [5.74, 6) is -0.0492. The number of amidine groups is 1. The average molecular weight is 319 g/mol. The number of hydrogen-bond donors (Lipinski definition) is 1. The molecule has 0 saturated heterocycles. The number of likely N-dealkylation sites (N-methyl/N-ethyl adjacent to an activating group) is 1. The lowest BCUT2D eigenvalue weighted by Gasteiger charge is -2.18. The summed E-state index contributed by atoms with van der Waals surface area (Å²) in [6.07, 6.45) is 0.561. The van der Waals surface area contributed by atoms with Gasteiger partial charge in [-0.05, 0) is 30.2 Å². The number of carbonyl (C=O) groups excluding carboxylic acids is 2. The minimum absolute atomic E-state index is 0.0875. The van der Waals surface area contributed by atoms with E-state index < -0.39 is 0 Å². The van der Waals surface area contributed by atoms with Crippen LogP contribution in [0.15, 0.2) is 48.5 Å². The summed E-state index contributed by atoms with van der Waals surface area (Å²) in [5, 5.41) is 8.34. The van der Waals surface area contributed by atoms with Crippen molar-refractivity contribution in [1.82, 2.24) is 4.90 Å². The molecule has 2 aromatic rings. The van der Waals surface area contributed by atoms with Gasteiger partial charge < -0.3 is 4.90 Å². The Morgan fingerprint density at radius 1 is 0.958 bits per heavy atom. The average Bonchev–Trinajstić information content (AvgIpc) is 3.00. The van der Waals surface area contributed by atoms with E-state index in [1.54, 1.807) is 24.3 Å². The van der Waals surface area contributed by atoms with Gasteiger partial charge in [-0.2, -0.15) is 0 Å². The molecular weight excluding hydrogens is 302 g/mol. The third-order valence-electron chi connectivity index (χ3n) is 4.88. The minimum Gasteiger partial charge on any atom is -0.333 e. The largest absolute Gasteiger partial charge is 0.333 e. The lowest BCUT2D eigenvalue weighted by atomic mass is 9.97. The zero-order valence-corrected chi connectivity index (χ0v) is 13.3. The van der Waals surface area contributed by atoms with Crippen molar-refractivity contribution in [3.05, 3.63) is 65.2 Å². The van der Waals surface area contributed by atoms with Crippen LogP contribution in [0.3, 0.4) is 0 Å². The Hall–Kier alpha value is -2.95. The minimum atomic E-state index is -0.234. The monoisotopic (exact) mass is 319 g/mol. The molecule has 0 aromatic heterocycles. The van der Waals surface area contributed by atoms with Gasteiger partial charge in [0.15, 0.2) is 0 Å². The van der Waals surface area contributed by atoms with Gasteiger partial charge in [0.05, 0.1) is 11.1 Å². The fraction of sp³-hybridized carbons (Fsp3) is 0.211. The first kappa shape index (κ1) is 14.6. The second-order valence-electron chi connectivity index (χ2n) is 6.15. The summed E-state index contributed by atoms with van der Waals surface area (Å²) in [5.41, 5.74) is 3.06. The Kier molecular flexibility index (Phi) is 3.23. The number of rotatable bonds is 3. The van der Waals surface area contributed by atoms with Gasteiger partial charge in [0, 0.05) is 25.2 Å². The SMILES string of the molecule is CN1C(=N)C(CCN2C(=O)c3ccccc3C2=O)c2ccccc21. The highest BCUT2D eigenvalue weighted by Gasteiger charge is 2.37. The molecule has 0 aliphatic carbocycles. The lowest BCUT2D eigenvalue weighted by Crippen LogP contribution is -2.33. The summed E-state index contributed by atoms with van der Waals surface area (Å²) in [6, 6.07) is 14.8. The molecule has 1 unspecified atom stereocenters. The van der Waals surface area contributed by atoms with Crippen molar-refractivity contribution in [1.29, 1.82) is 5.41 Å². The first-order valence-electron chi connectivity index (χ1n) is 7.96. The predicted molar refractivity (Wildman–Crippen MR) is 91.7 cm³/mol. The number of amides is 2. The molecule has 2 aliphatic heterocycles. The van der Waals surface area contributed by atoms with E-state index in [0.717, 1.165) is 11.3 Å². The molecule has 5 nitrogen and oxygen atoms in total. The van der Waals surface area contributed by atoms with Crippen molar-refractivity contribution >= 4 is 23.3 Å². The van der Waals surface area contributed by atoms with E-state index in [0.29, 0.717) is 29.9 Å². The van der Waals surface area contributed by atoms with Crippen LogP contribution in [-0.4, -0.2) is 36.1 Å². The van der Waals surface area contributed by atoms with Crippen LogP contribution in [0, 0.1) is 5.41 Å². The van der Waals surface area contributed by atoms with Crippen LogP contribution in [-0.2, 0) is 0 Å². The molecule has 120 valence electrons. The van der Waals surface area contributed by atoms with Gasteiger partial charge in [0.25, 0.3) is 11.8 Å². The van der Waals surface area contributed by atoms with E-state index in [-0.39, 0.29) is 17.7 Å². The summed E-state index contributed by atoms with van der Waals surface area (Å²) >= 11 is 0. The second kappa shape index (κ2) is 5.30. The quantitative estimate of drug-likeness (QED) is 0.885. The molecule has 5 heteroatoms. The Labute approximate surface area is 140 Å². The molecule has 0 saturated carbocycles. The van der Waals surface area contributed by atoms with E-state index in [1.807, 2.05) is 36.2 Å². The maximum Gasteiger partial charge on any atom is 0.261 e. The van der Waals surface area contributed by atoms with Crippen LogP contribution in [0.5, 0.6) is 0 Å². The summed E-state index contributed by atoms with van der Waals surface area (Å²) in [7, 11) is 1.88. The predicted octanol–water partition coefficient (Wildman–Crippen LogP) is 2.88. The molecule has 0 spiro atoms. The third kappa shape index (κ3) is 1.98. The third-order valence-corrected chi connectivity index (χ3v) is 4.88. The summed E-state index contributed by atoms with van der Waals surface area (Å²) in [6.45, 7) is 0.321. The van der Waals surface area contributed by atoms with Crippen molar-refractivity contribution in [2.45, 2.75) is 12.3 Å². The van der Waals surface area contributed by atoms with Crippen molar-refractivity contribution in [2.24, 2.45) is 0 Å². The Bertz CT molecular complexity index is 839. The molecule has 2 heterocycles. The van der Waals surface area contributed by atoms with Gasteiger partial charge in [-0.1, -0.05) is 30.3 Å². The lowest BCUT2D eigenvalue weighted by molar-refractivity contribution is 0.0652. The van der Waals surface area contributed by atoms with E-state index in [4.69, 9.17) is 5.41 Å². The van der Waals surface area contributed by atoms with Gasteiger partial charge in [-0.3, -0.25) is 19.9 Å². The zero-order valence-electron chi connectivity index (χ0n) is 13.3. The topological polar surface area (TPSA) is 64.5 Å². The van der Waals surface area contributed by atoms with Crippen LogP contribution < -0.4 is 4.90 Å².